The third kappa shape index (κ3) is 18.0. The van der Waals surface area contributed by atoms with Gasteiger partial charge in [0.1, 0.15) is 0 Å². The van der Waals surface area contributed by atoms with Crippen molar-refractivity contribution >= 4 is 43.6 Å². The molecule has 0 saturated carbocycles. The molecule has 146 heavy (non-hydrogen) atoms. The smallest absolute Gasteiger partial charge is 0.164 e. The van der Waals surface area contributed by atoms with Crippen LogP contribution >= 0.6 is 0 Å². The van der Waals surface area contributed by atoms with Gasteiger partial charge in [-0.25, -0.2) is 24.9 Å². The van der Waals surface area contributed by atoms with E-state index in [-0.39, 0.29) is 0 Å². The first kappa shape index (κ1) is 88.0. The van der Waals surface area contributed by atoms with E-state index < -0.39 is 0 Å². The summed E-state index contributed by atoms with van der Waals surface area (Å²) in [5, 5.41) is 4.89. The largest absolute Gasteiger partial charge is 0.309 e. The molecule has 0 saturated heterocycles. The van der Waals surface area contributed by atoms with Gasteiger partial charge in [0.05, 0.1) is 33.5 Å². The van der Waals surface area contributed by atoms with E-state index in [1.807, 2.05) is 0 Å². The maximum Gasteiger partial charge on any atom is 0.164 e. The van der Waals surface area contributed by atoms with Gasteiger partial charge in [-0.2, -0.15) is 0 Å². The van der Waals surface area contributed by atoms with Gasteiger partial charge in [-0.15, -0.1) is 0 Å². The number of hydrogen-bond acceptors (Lipinski definition) is 5. The van der Waals surface area contributed by atoms with Crippen molar-refractivity contribution < 1.29 is 0 Å². The van der Waals surface area contributed by atoms with Crippen LogP contribution in [0.25, 0.3) is 257 Å². The van der Waals surface area contributed by atoms with Crippen LogP contribution in [0.4, 0.5) is 0 Å². The van der Waals surface area contributed by atoms with Crippen LogP contribution in [0, 0.1) is 0 Å². The maximum atomic E-state index is 5.39. The average molecular weight is 1860 g/mol. The standard InChI is InChI=1S/C70H47N3.C69H46N4/c1-3-17-48(18-4-1)52-21-11-25-56(41-52)57-26-13-23-54(43-57)50-37-39-51(40-38-50)55-24-14-29-60(44-55)66-47-67(61-30-16-32-63(46-61)73-68-35-9-7-33-64(68)65-34-8-10-36-69(65)73)72-70(71-66)62-31-15-28-59(45-62)58-27-12-22-53(42-58)49-19-5-2-6-20-49;1-3-17-47(18-4-1)51-21-11-25-55(41-51)56-26-13-23-53(43-56)49-37-39-50(40-38-49)54-24-14-29-59(44-54)67-70-68(60-30-15-28-58(45-60)57-27-12-22-52(42-57)48-19-5-2-6-20-48)72-69(71-67)61-31-16-32-62(46-61)73-65-35-9-7-33-63(65)64-34-8-10-36-66(64)73/h1-47H;1-46H. The summed E-state index contributed by atoms with van der Waals surface area (Å²) >= 11 is 0. The molecule has 0 aliphatic rings. The van der Waals surface area contributed by atoms with Crippen molar-refractivity contribution in [3.63, 3.8) is 0 Å². The molecule has 0 aliphatic heterocycles. The predicted octanol–water partition coefficient (Wildman–Crippen LogP) is 36.5. The molecule has 0 spiro atoms. The molecule has 0 amide bonds. The monoisotopic (exact) mass is 1860 g/mol. The zero-order chi connectivity index (χ0) is 97.0. The molecule has 7 nitrogen and oxygen atoms in total. The van der Waals surface area contributed by atoms with Crippen LogP contribution in [-0.2, 0) is 0 Å². The number of benzene rings is 22. The lowest BCUT2D eigenvalue weighted by Gasteiger charge is -2.13. The van der Waals surface area contributed by atoms with Crippen molar-refractivity contribution in [3.8, 4) is 213 Å². The van der Waals surface area contributed by atoms with Gasteiger partial charge < -0.3 is 9.13 Å². The van der Waals surface area contributed by atoms with Crippen LogP contribution in [0.3, 0.4) is 0 Å². The van der Waals surface area contributed by atoms with Crippen LogP contribution in [0.1, 0.15) is 0 Å². The van der Waals surface area contributed by atoms with Crippen LogP contribution in [0.2, 0.25) is 0 Å². The lowest BCUT2D eigenvalue weighted by Crippen LogP contribution is -2.01. The zero-order valence-corrected chi connectivity index (χ0v) is 79.8. The van der Waals surface area contributed by atoms with E-state index in [1.165, 1.54) is 116 Å². The number of nitrogens with zero attached hydrogens (tertiary/aromatic N) is 7. The van der Waals surface area contributed by atoms with E-state index >= 15 is 0 Å². The lowest BCUT2D eigenvalue weighted by molar-refractivity contribution is 1.07. The van der Waals surface area contributed by atoms with Gasteiger partial charge >= 0.3 is 0 Å². The van der Waals surface area contributed by atoms with Crippen LogP contribution in [0.15, 0.2) is 564 Å². The Morgan fingerprint density at radius 1 is 0.103 bits per heavy atom. The summed E-state index contributed by atoms with van der Waals surface area (Å²) in [5.41, 5.74) is 42.0. The summed E-state index contributed by atoms with van der Waals surface area (Å²) in [5.74, 6) is 2.47. The molecule has 0 aliphatic carbocycles. The highest BCUT2D eigenvalue weighted by Gasteiger charge is 2.22. The Labute approximate surface area is 848 Å². The number of hydrogen-bond donors (Lipinski definition) is 0. The second kappa shape index (κ2) is 39.3. The first-order chi connectivity index (χ1) is 72.3. The molecule has 22 aromatic carbocycles. The molecule has 7 heteroatoms. The molecule has 4 heterocycles. The third-order valence-electron chi connectivity index (χ3n) is 27.8. The summed E-state index contributed by atoms with van der Waals surface area (Å²) < 4.78 is 4.70. The first-order valence-electron chi connectivity index (χ1n) is 49.6. The van der Waals surface area contributed by atoms with Crippen molar-refractivity contribution in [2.75, 3.05) is 0 Å². The molecule has 26 aromatic rings. The van der Waals surface area contributed by atoms with E-state index in [0.717, 1.165) is 117 Å². The zero-order valence-electron chi connectivity index (χ0n) is 79.8. The SMILES string of the molecule is c1ccc(-c2cccc(-c3cccc(-c4ccc(-c5cccc(-c6cc(-c7cccc(-n8c9ccccc9c9ccccc98)c7)nc(-c7cccc(-c8cccc(-c9ccccc9)c8)c7)n6)c5)cc4)c3)c2)cc1.c1ccc(-c2cccc(-c3cccc(-c4ccc(-c5cccc(-c6nc(-c7cccc(-c8cccc(-c9ccccc9)c8)c7)nc(-c7cccc(-n8c9ccccc9c9ccccc98)c7)n6)c5)cc4)c3)c2)cc1. The van der Waals surface area contributed by atoms with Crippen molar-refractivity contribution in [1.29, 1.82) is 0 Å². The highest BCUT2D eigenvalue weighted by atomic mass is 15.0. The topological polar surface area (TPSA) is 74.3 Å². The van der Waals surface area contributed by atoms with Crippen molar-refractivity contribution in [2.45, 2.75) is 0 Å². The maximum absolute atomic E-state index is 5.39. The molecule has 0 unspecified atom stereocenters. The highest BCUT2D eigenvalue weighted by molar-refractivity contribution is 6.11. The number of rotatable bonds is 20. The number of para-hydroxylation sites is 4. The van der Waals surface area contributed by atoms with Crippen LogP contribution in [0.5, 0.6) is 0 Å². The van der Waals surface area contributed by atoms with E-state index in [1.54, 1.807) is 0 Å². The third-order valence-corrected chi connectivity index (χ3v) is 27.8. The van der Waals surface area contributed by atoms with Crippen molar-refractivity contribution in [3.05, 3.63) is 564 Å². The minimum absolute atomic E-state index is 0.600. The average Bonchev–Trinajstić information content (AvgIpc) is 1.60. The normalized spacial score (nSPS) is 11.3. The number of fused-ring (bicyclic) bond motifs is 6. The lowest BCUT2D eigenvalue weighted by atomic mass is 9.95. The van der Waals surface area contributed by atoms with E-state index in [2.05, 4.69) is 573 Å². The first-order valence-corrected chi connectivity index (χ1v) is 49.6. The number of aromatic nitrogens is 7. The predicted molar refractivity (Wildman–Crippen MR) is 608 cm³/mol. The Balaban J connectivity index is 0.000000152. The Kier molecular flexibility index (Phi) is 23.7. The molecule has 0 radical (unpaired) electrons. The Morgan fingerprint density at radius 3 is 0.514 bits per heavy atom. The molecule has 0 atom stereocenters. The fraction of sp³-hybridized carbons (Fsp3) is 0. The molecule has 0 fully saturated rings. The Bertz CT molecular complexity index is 8700. The van der Waals surface area contributed by atoms with Gasteiger partial charge in [-0.1, -0.05) is 449 Å². The molecule has 4 aromatic heterocycles. The molecule has 684 valence electrons. The van der Waals surface area contributed by atoms with Gasteiger partial charge in [0.25, 0.3) is 0 Å². The highest BCUT2D eigenvalue weighted by Crippen LogP contribution is 2.43. The van der Waals surface area contributed by atoms with E-state index in [4.69, 9.17) is 24.9 Å². The second-order valence-electron chi connectivity index (χ2n) is 37.0. The second-order valence-corrected chi connectivity index (χ2v) is 37.0. The van der Waals surface area contributed by atoms with Gasteiger partial charge in [-0.3, -0.25) is 0 Å². The van der Waals surface area contributed by atoms with Crippen LogP contribution in [-0.4, -0.2) is 34.1 Å². The van der Waals surface area contributed by atoms with Crippen LogP contribution < -0.4 is 0 Å². The van der Waals surface area contributed by atoms with Crippen molar-refractivity contribution in [2.24, 2.45) is 0 Å². The van der Waals surface area contributed by atoms with Gasteiger partial charge in [0, 0.05) is 66.3 Å². The summed E-state index contributed by atoms with van der Waals surface area (Å²) in [6.45, 7) is 0. The van der Waals surface area contributed by atoms with Crippen molar-refractivity contribution in [1.82, 2.24) is 34.1 Å². The summed E-state index contributed by atoms with van der Waals surface area (Å²) in [6.07, 6.45) is 0. The molecule has 26 rings (SSSR count). The van der Waals surface area contributed by atoms with Gasteiger partial charge in [0.2, 0.25) is 0 Å². The molecular formula is C139H93N7. The summed E-state index contributed by atoms with van der Waals surface area (Å²) in [7, 11) is 0. The molecule has 0 bridgehead atoms. The Morgan fingerprint density at radius 2 is 0.260 bits per heavy atom. The van der Waals surface area contributed by atoms with Gasteiger partial charge in [0.15, 0.2) is 23.3 Å². The summed E-state index contributed by atoms with van der Waals surface area (Å²) in [6, 6.07) is 201. The molecule has 0 N–H and O–H groups in total. The van der Waals surface area contributed by atoms with E-state index in [0.29, 0.717) is 23.3 Å². The fourth-order valence-electron chi connectivity index (χ4n) is 20.5. The fourth-order valence-corrected chi connectivity index (χ4v) is 20.5. The minimum atomic E-state index is 0.600. The van der Waals surface area contributed by atoms with E-state index in [9.17, 15) is 0 Å². The quantitative estimate of drug-likeness (QED) is 0.0760. The molecular weight excluding hydrogens is 1770 g/mol. The van der Waals surface area contributed by atoms with Gasteiger partial charge in [-0.05, 0) is 249 Å². The minimum Gasteiger partial charge on any atom is -0.309 e. The summed E-state index contributed by atoms with van der Waals surface area (Å²) in [4.78, 5) is 26.6. The Hall–Kier alpha value is -19.5.